The molecule has 0 aliphatic carbocycles. The number of hydrogen-bond acceptors (Lipinski definition) is 4. The van der Waals surface area contributed by atoms with Crippen LogP contribution in [0.4, 0.5) is 22.0 Å². The Kier molecular flexibility index (Phi) is 12.7. The summed E-state index contributed by atoms with van der Waals surface area (Å²) < 4.78 is 80.1. The third-order valence-electron chi connectivity index (χ3n) is 6.63. The van der Waals surface area contributed by atoms with Gasteiger partial charge in [-0.3, -0.25) is 0 Å². The van der Waals surface area contributed by atoms with Crippen molar-refractivity contribution >= 4 is 22.3 Å². The molecule has 3 rings (SSSR count). The van der Waals surface area contributed by atoms with E-state index in [-0.39, 0.29) is 17.3 Å². The fraction of sp³-hybridized carbons (Fsp3) is 0.375. The summed E-state index contributed by atoms with van der Waals surface area (Å²) >= 11 is -1.44. The molecule has 1 unspecified atom stereocenters. The van der Waals surface area contributed by atoms with Crippen molar-refractivity contribution < 1.29 is 36.3 Å². The molecule has 0 fully saturated rings. The molecule has 10 heteroatoms. The fourth-order valence-corrected chi connectivity index (χ4v) is 5.59. The van der Waals surface area contributed by atoms with Gasteiger partial charge in [-0.1, -0.05) is 72.7 Å². The minimum Gasteiger partial charge on any atom is -0.616 e. The third kappa shape index (κ3) is 10.0. The van der Waals surface area contributed by atoms with Gasteiger partial charge >= 0.3 is 12.1 Å². The van der Waals surface area contributed by atoms with Crippen molar-refractivity contribution in [3.05, 3.63) is 95.6 Å². The lowest BCUT2D eigenvalue weighted by Gasteiger charge is -2.19. The van der Waals surface area contributed by atoms with Gasteiger partial charge in [-0.15, -0.1) is 0 Å². The Balaban J connectivity index is 1.47. The second-order valence-electron chi connectivity index (χ2n) is 9.75. The minimum atomic E-state index is -5.57. The maximum Gasteiger partial charge on any atom is 0.453 e. The van der Waals surface area contributed by atoms with Gasteiger partial charge < -0.3 is 19.7 Å². The van der Waals surface area contributed by atoms with E-state index in [4.69, 9.17) is 4.74 Å². The van der Waals surface area contributed by atoms with Crippen molar-refractivity contribution in [2.45, 2.75) is 44.7 Å². The van der Waals surface area contributed by atoms with Crippen LogP contribution in [0.3, 0.4) is 0 Å². The van der Waals surface area contributed by atoms with Gasteiger partial charge in [0, 0.05) is 19.4 Å². The lowest BCUT2D eigenvalue weighted by atomic mass is 9.88. The normalized spacial score (nSPS) is 13.5. The summed E-state index contributed by atoms with van der Waals surface area (Å²) in [7, 11) is 0. The predicted octanol–water partition coefficient (Wildman–Crippen LogP) is 7.85. The van der Waals surface area contributed by atoms with Gasteiger partial charge in [0.1, 0.15) is 29.6 Å². The molecule has 0 radical (unpaired) electrons. The van der Waals surface area contributed by atoms with Crippen LogP contribution in [0.5, 0.6) is 11.5 Å². The summed E-state index contributed by atoms with van der Waals surface area (Å²) in [5.74, 6) is -3.80. The highest BCUT2D eigenvalue weighted by molar-refractivity contribution is 7.91. The summed E-state index contributed by atoms with van der Waals surface area (Å²) in [6.07, 6.45) is -6.05. The largest absolute Gasteiger partial charge is 0.616 e. The second-order valence-corrected chi connectivity index (χ2v) is 11.4. The Morgan fingerprint density at radius 2 is 1.40 bits per heavy atom. The van der Waals surface area contributed by atoms with E-state index in [1.54, 1.807) is 12.1 Å². The minimum absolute atomic E-state index is 0.181. The average molecular weight is 610 g/mol. The molecule has 0 heterocycles. The molecule has 3 aromatic rings. The summed E-state index contributed by atoms with van der Waals surface area (Å²) in [6.45, 7) is 3.55. The summed E-state index contributed by atoms with van der Waals surface area (Å²) in [5, 5.41) is 13.0. The number of allylic oxidation sites excluding steroid dienone is 1. The number of benzene rings is 3. The van der Waals surface area contributed by atoms with E-state index >= 15 is 0 Å². The average Bonchev–Trinajstić information content (AvgIpc) is 2.96. The lowest BCUT2D eigenvalue weighted by molar-refractivity contribution is -0.284. The molecule has 0 spiro atoms. The molecule has 0 amide bonds. The lowest BCUT2D eigenvalue weighted by Crippen LogP contribution is -2.36. The summed E-state index contributed by atoms with van der Waals surface area (Å²) in [5.41, 5.74) is 5.39. The van der Waals surface area contributed by atoms with Crippen molar-refractivity contribution in [1.29, 1.82) is 0 Å². The second kappa shape index (κ2) is 16.0. The SMILES string of the molecule is CCC(=C(c1ccc(O)cc1)c1ccc(OCCNCCC[S+]([O-])CCCC(F)(F)C(F)(F)F)cc1)c1ccccc1. The molecule has 2 N–H and O–H groups in total. The highest BCUT2D eigenvalue weighted by atomic mass is 32.2. The number of ether oxygens (including phenoxy) is 1. The van der Waals surface area contributed by atoms with Gasteiger partial charge in [0.15, 0.2) is 0 Å². The first-order chi connectivity index (χ1) is 20.0. The van der Waals surface area contributed by atoms with E-state index in [1.807, 2.05) is 54.6 Å². The Hall–Kier alpha value is -3.08. The van der Waals surface area contributed by atoms with Crippen LogP contribution in [0.25, 0.3) is 11.1 Å². The Bertz CT molecular complexity index is 1250. The van der Waals surface area contributed by atoms with Gasteiger partial charge in [0.2, 0.25) is 0 Å². The zero-order valence-electron chi connectivity index (χ0n) is 23.4. The van der Waals surface area contributed by atoms with E-state index in [1.165, 1.54) is 5.57 Å². The van der Waals surface area contributed by atoms with Crippen LogP contribution in [0.2, 0.25) is 0 Å². The van der Waals surface area contributed by atoms with E-state index < -0.39 is 36.1 Å². The van der Waals surface area contributed by atoms with Crippen molar-refractivity contribution in [1.82, 2.24) is 5.32 Å². The predicted molar refractivity (Wildman–Crippen MR) is 158 cm³/mol. The Morgan fingerprint density at radius 3 is 2.00 bits per heavy atom. The molecule has 0 saturated heterocycles. The smallest absolute Gasteiger partial charge is 0.453 e. The topological polar surface area (TPSA) is 64.5 Å². The Morgan fingerprint density at radius 1 is 0.810 bits per heavy atom. The van der Waals surface area contributed by atoms with E-state index in [0.717, 1.165) is 28.7 Å². The van der Waals surface area contributed by atoms with Crippen LogP contribution in [-0.4, -0.2) is 53.0 Å². The number of hydrogen-bond donors (Lipinski definition) is 2. The van der Waals surface area contributed by atoms with Gasteiger partial charge in [0.25, 0.3) is 0 Å². The molecule has 4 nitrogen and oxygen atoms in total. The van der Waals surface area contributed by atoms with Crippen molar-refractivity contribution in [2.75, 3.05) is 31.2 Å². The van der Waals surface area contributed by atoms with Gasteiger partial charge in [-0.25, -0.2) is 0 Å². The number of phenolic OH excluding ortho intramolecular Hbond substituents is 1. The summed E-state index contributed by atoms with van der Waals surface area (Å²) in [4.78, 5) is 0. The first kappa shape index (κ1) is 33.4. The molecule has 1 atom stereocenters. The maximum absolute atomic E-state index is 12.9. The van der Waals surface area contributed by atoms with Crippen molar-refractivity contribution in [3.63, 3.8) is 0 Å². The highest BCUT2D eigenvalue weighted by Crippen LogP contribution is 2.39. The number of halogens is 5. The van der Waals surface area contributed by atoms with Crippen LogP contribution in [0, 0.1) is 0 Å². The molecule has 42 heavy (non-hydrogen) atoms. The quantitative estimate of drug-likeness (QED) is 0.0752. The fourth-order valence-electron chi connectivity index (χ4n) is 4.45. The van der Waals surface area contributed by atoms with Crippen LogP contribution in [0.15, 0.2) is 78.9 Å². The van der Waals surface area contributed by atoms with Crippen LogP contribution in [-0.2, 0) is 11.2 Å². The van der Waals surface area contributed by atoms with Gasteiger partial charge in [-0.05, 0) is 71.5 Å². The first-order valence-electron chi connectivity index (χ1n) is 13.8. The number of nitrogens with one attached hydrogen (secondary N) is 1. The van der Waals surface area contributed by atoms with E-state index in [2.05, 4.69) is 24.4 Å². The van der Waals surface area contributed by atoms with Crippen LogP contribution >= 0.6 is 0 Å². The first-order valence-corrected chi connectivity index (χ1v) is 15.3. The molecule has 0 bridgehead atoms. The zero-order chi connectivity index (χ0) is 30.6. The van der Waals surface area contributed by atoms with Crippen LogP contribution < -0.4 is 10.1 Å². The van der Waals surface area contributed by atoms with E-state index in [9.17, 15) is 31.6 Å². The maximum atomic E-state index is 12.9. The van der Waals surface area contributed by atoms with Gasteiger partial charge in [0.05, 0.1) is 0 Å². The third-order valence-corrected chi connectivity index (χ3v) is 8.12. The molecule has 3 aromatic carbocycles. The number of alkyl halides is 5. The standard InChI is InChI=1S/C32H36F5NO3S/c1-2-29(24-8-4-3-5-9-24)30(25-10-14-27(39)15-11-25)26-12-16-28(17-13-26)41-21-20-38-19-7-23-42(40)22-6-18-31(33,34)32(35,36)37/h3-5,8-17,38-39H,2,6-7,18-23H2,1H3. The molecule has 0 aliphatic heterocycles. The monoisotopic (exact) mass is 609 g/mol. The van der Waals surface area contributed by atoms with Crippen LogP contribution in [0.1, 0.15) is 49.3 Å². The summed E-state index contributed by atoms with van der Waals surface area (Å²) in [6, 6.07) is 25.1. The zero-order valence-corrected chi connectivity index (χ0v) is 24.2. The Labute approximate surface area is 246 Å². The number of aromatic hydroxyl groups is 1. The molecule has 0 aromatic heterocycles. The molecule has 0 aliphatic rings. The number of phenols is 1. The number of rotatable bonds is 16. The molecular weight excluding hydrogens is 573 g/mol. The molecule has 228 valence electrons. The van der Waals surface area contributed by atoms with Gasteiger partial charge in [-0.2, -0.15) is 22.0 Å². The highest BCUT2D eigenvalue weighted by Gasteiger charge is 2.56. The molecular formula is C32H36F5NO3S. The molecule has 0 saturated carbocycles. The van der Waals surface area contributed by atoms with Crippen molar-refractivity contribution in [2.24, 2.45) is 0 Å². The van der Waals surface area contributed by atoms with E-state index in [0.29, 0.717) is 31.9 Å². The van der Waals surface area contributed by atoms with Crippen molar-refractivity contribution in [3.8, 4) is 11.5 Å².